The Kier molecular flexibility index (Phi) is 2.04. The van der Waals surface area contributed by atoms with E-state index < -0.39 is 0 Å². The van der Waals surface area contributed by atoms with Crippen molar-refractivity contribution in [2.45, 2.75) is 38.1 Å². The molecule has 0 spiro atoms. The first-order valence-corrected chi connectivity index (χ1v) is 5.88. The molecule has 1 aliphatic carbocycles. The monoisotopic (exact) mass is 215 g/mol. The van der Waals surface area contributed by atoms with Crippen molar-refractivity contribution in [2.24, 2.45) is 5.73 Å². The van der Waals surface area contributed by atoms with Crippen LogP contribution in [0.3, 0.4) is 0 Å². The van der Waals surface area contributed by atoms with Gasteiger partial charge in [-0.05, 0) is 50.3 Å². The lowest BCUT2D eigenvalue weighted by Gasteiger charge is -2.04. The maximum atomic E-state index is 6.08. The van der Waals surface area contributed by atoms with Crippen LogP contribution >= 0.6 is 0 Å². The summed E-state index contributed by atoms with van der Waals surface area (Å²) in [5, 5.41) is 0. The summed E-state index contributed by atoms with van der Waals surface area (Å²) in [5.41, 5.74) is 9.65. The molecule has 2 aromatic heterocycles. The maximum Gasteiger partial charge on any atom is 0.137 e. The quantitative estimate of drug-likeness (QED) is 0.851. The molecule has 2 N–H and O–H groups in total. The second kappa shape index (κ2) is 3.32. The highest BCUT2D eigenvalue weighted by molar-refractivity contribution is 5.42. The van der Waals surface area contributed by atoms with E-state index in [2.05, 4.69) is 40.8 Å². The molecular weight excluding hydrogens is 198 g/mol. The highest BCUT2D eigenvalue weighted by Gasteiger charge is 2.37. The smallest absolute Gasteiger partial charge is 0.137 e. The molecule has 0 aliphatic heterocycles. The lowest BCUT2D eigenvalue weighted by atomic mass is 10.1. The first kappa shape index (κ1) is 9.85. The van der Waals surface area contributed by atoms with E-state index in [1.807, 2.05) is 0 Å². The summed E-state index contributed by atoms with van der Waals surface area (Å²) in [7, 11) is 0. The summed E-state index contributed by atoms with van der Waals surface area (Å²) in [5.74, 6) is 0. The maximum absolute atomic E-state index is 6.08. The third-order valence-electron chi connectivity index (χ3n) is 3.44. The van der Waals surface area contributed by atoms with Crippen molar-refractivity contribution in [3.05, 3.63) is 35.8 Å². The van der Waals surface area contributed by atoms with E-state index in [9.17, 15) is 0 Å². The fourth-order valence-corrected chi connectivity index (χ4v) is 2.04. The molecule has 0 saturated heterocycles. The van der Waals surface area contributed by atoms with Crippen LogP contribution in [0.2, 0.25) is 0 Å². The number of aromatic nitrogens is 2. The van der Waals surface area contributed by atoms with Crippen LogP contribution in [0.25, 0.3) is 5.65 Å². The Morgan fingerprint density at radius 2 is 2.31 bits per heavy atom. The van der Waals surface area contributed by atoms with Crippen molar-refractivity contribution in [3.8, 4) is 0 Å². The van der Waals surface area contributed by atoms with Crippen molar-refractivity contribution in [1.82, 2.24) is 9.38 Å². The second-order valence-electron chi connectivity index (χ2n) is 5.06. The normalized spacial score (nSPS) is 17.9. The standard InChI is InChI=1S/C13H17N3/c1-10-3-7-16-9-11(15-12(16)8-10)2-4-13(14)5-6-13/h3,7-9H,2,4-6,14H2,1H3. The minimum atomic E-state index is 0.131. The first-order valence-electron chi connectivity index (χ1n) is 5.88. The van der Waals surface area contributed by atoms with Gasteiger partial charge in [0.2, 0.25) is 0 Å². The van der Waals surface area contributed by atoms with Gasteiger partial charge >= 0.3 is 0 Å². The molecule has 0 atom stereocenters. The van der Waals surface area contributed by atoms with Gasteiger partial charge in [-0.25, -0.2) is 4.98 Å². The van der Waals surface area contributed by atoms with E-state index in [1.165, 1.54) is 18.4 Å². The molecule has 16 heavy (non-hydrogen) atoms. The number of pyridine rings is 1. The van der Waals surface area contributed by atoms with Crippen LogP contribution < -0.4 is 5.73 Å². The lowest BCUT2D eigenvalue weighted by Crippen LogP contribution is -2.22. The Morgan fingerprint density at radius 3 is 3.06 bits per heavy atom. The molecule has 0 unspecified atom stereocenters. The van der Waals surface area contributed by atoms with Crippen molar-refractivity contribution in [3.63, 3.8) is 0 Å². The average molecular weight is 215 g/mol. The second-order valence-corrected chi connectivity index (χ2v) is 5.06. The zero-order valence-electron chi connectivity index (χ0n) is 9.61. The Bertz CT molecular complexity index is 523. The van der Waals surface area contributed by atoms with Gasteiger partial charge in [-0.1, -0.05) is 0 Å². The number of aryl methyl sites for hydroxylation is 2. The van der Waals surface area contributed by atoms with Crippen molar-refractivity contribution in [2.75, 3.05) is 0 Å². The number of rotatable bonds is 3. The zero-order valence-corrected chi connectivity index (χ0v) is 9.61. The van der Waals surface area contributed by atoms with Gasteiger partial charge in [-0.15, -0.1) is 0 Å². The summed E-state index contributed by atoms with van der Waals surface area (Å²) in [6, 6.07) is 4.21. The summed E-state index contributed by atoms with van der Waals surface area (Å²) in [6.07, 6.45) is 8.60. The lowest BCUT2D eigenvalue weighted by molar-refractivity contribution is 0.604. The van der Waals surface area contributed by atoms with E-state index >= 15 is 0 Å². The van der Waals surface area contributed by atoms with Crippen LogP contribution in [0.4, 0.5) is 0 Å². The largest absolute Gasteiger partial charge is 0.325 e. The molecule has 1 aliphatic rings. The summed E-state index contributed by atoms with van der Waals surface area (Å²) >= 11 is 0. The minimum Gasteiger partial charge on any atom is -0.325 e. The molecule has 2 heterocycles. The number of hydrogen-bond acceptors (Lipinski definition) is 2. The molecule has 0 aromatic carbocycles. The molecule has 2 aromatic rings. The number of imidazole rings is 1. The highest BCUT2D eigenvalue weighted by Crippen LogP contribution is 2.36. The topological polar surface area (TPSA) is 43.3 Å². The fraction of sp³-hybridized carbons (Fsp3) is 0.462. The molecular formula is C13H17N3. The van der Waals surface area contributed by atoms with Crippen LogP contribution in [-0.4, -0.2) is 14.9 Å². The fourth-order valence-electron chi connectivity index (χ4n) is 2.04. The van der Waals surface area contributed by atoms with Gasteiger partial charge in [0.1, 0.15) is 5.65 Å². The van der Waals surface area contributed by atoms with Gasteiger partial charge in [0.05, 0.1) is 5.69 Å². The highest BCUT2D eigenvalue weighted by atomic mass is 15.0. The molecule has 3 heteroatoms. The van der Waals surface area contributed by atoms with E-state index in [0.29, 0.717) is 0 Å². The van der Waals surface area contributed by atoms with Crippen LogP contribution in [0.15, 0.2) is 24.5 Å². The molecule has 0 radical (unpaired) electrons. The van der Waals surface area contributed by atoms with Crippen molar-refractivity contribution < 1.29 is 0 Å². The molecule has 3 nitrogen and oxygen atoms in total. The first-order chi connectivity index (χ1) is 7.65. The van der Waals surface area contributed by atoms with Crippen molar-refractivity contribution >= 4 is 5.65 Å². The van der Waals surface area contributed by atoms with E-state index in [4.69, 9.17) is 5.73 Å². The number of nitrogens with two attached hydrogens (primary N) is 1. The van der Waals surface area contributed by atoms with E-state index in [0.717, 1.165) is 24.2 Å². The predicted octanol–water partition coefficient (Wildman–Crippen LogP) is 2.07. The molecule has 3 rings (SSSR count). The third-order valence-corrected chi connectivity index (χ3v) is 3.44. The predicted molar refractivity (Wildman–Crippen MR) is 64.4 cm³/mol. The summed E-state index contributed by atoms with van der Waals surface area (Å²) in [4.78, 5) is 4.61. The van der Waals surface area contributed by atoms with E-state index in [1.54, 1.807) is 0 Å². The molecule has 84 valence electrons. The molecule has 1 fully saturated rings. The number of hydrogen-bond donors (Lipinski definition) is 1. The number of fused-ring (bicyclic) bond motifs is 1. The molecule has 0 amide bonds. The van der Waals surface area contributed by atoms with Crippen LogP contribution in [-0.2, 0) is 6.42 Å². The van der Waals surface area contributed by atoms with Gasteiger partial charge in [0, 0.05) is 17.9 Å². The molecule has 0 bridgehead atoms. The molecule has 1 saturated carbocycles. The van der Waals surface area contributed by atoms with Gasteiger partial charge in [0.25, 0.3) is 0 Å². The van der Waals surface area contributed by atoms with Gasteiger partial charge < -0.3 is 10.1 Å². The average Bonchev–Trinajstić information content (AvgIpc) is 2.85. The van der Waals surface area contributed by atoms with Crippen LogP contribution in [0, 0.1) is 6.92 Å². The van der Waals surface area contributed by atoms with Crippen molar-refractivity contribution in [1.29, 1.82) is 0 Å². The Labute approximate surface area is 95.3 Å². The Balaban J connectivity index is 1.82. The Morgan fingerprint density at radius 1 is 1.50 bits per heavy atom. The van der Waals surface area contributed by atoms with Crippen LogP contribution in [0.5, 0.6) is 0 Å². The van der Waals surface area contributed by atoms with E-state index in [-0.39, 0.29) is 5.54 Å². The Hall–Kier alpha value is -1.35. The minimum absolute atomic E-state index is 0.131. The third kappa shape index (κ3) is 1.83. The summed E-state index contributed by atoms with van der Waals surface area (Å²) < 4.78 is 2.08. The van der Waals surface area contributed by atoms with Gasteiger partial charge in [-0.2, -0.15) is 0 Å². The zero-order chi connectivity index (χ0) is 11.2. The summed E-state index contributed by atoms with van der Waals surface area (Å²) in [6.45, 7) is 2.09. The van der Waals surface area contributed by atoms with Gasteiger partial charge in [-0.3, -0.25) is 0 Å². The SMILES string of the molecule is Cc1ccn2cc(CCC3(N)CC3)nc2c1. The number of nitrogens with zero attached hydrogens (tertiary/aromatic N) is 2. The van der Waals surface area contributed by atoms with Crippen LogP contribution in [0.1, 0.15) is 30.5 Å². The van der Waals surface area contributed by atoms with Gasteiger partial charge in [0.15, 0.2) is 0 Å².